The predicted molar refractivity (Wildman–Crippen MR) is 82.4 cm³/mol. The normalized spacial score (nSPS) is 23.7. The van der Waals surface area contributed by atoms with Crippen molar-refractivity contribution in [3.05, 3.63) is 12.0 Å². The zero-order chi connectivity index (χ0) is 15.6. The maximum absolute atomic E-state index is 12.8. The molecule has 1 aliphatic rings. The van der Waals surface area contributed by atoms with Gasteiger partial charge in [0.25, 0.3) is 10.0 Å². The smallest absolute Gasteiger partial charge is 0.262 e. The van der Waals surface area contributed by atoms with E-state index in [1.165, 1.54) is 4.31 Å². The average Bonchev–Trinajstić information content (AvgIpc) is 2.88. The third-order valence-corrected chi connectivity index (χ3v) is 6.33. The molecule has 2 N–H and O–H groups in total. The van der Waals surface area contributed by atoms with Gasteiger partial charge in [-0.05, 0) is 39.2 Å². The summed E-state index contributed by atoms with van der Waals surface area (Å²) < 4.78 is 28.9. The summed E-state index contributed by atoms with van der Waals surface area (Å²) in [6.07, 6.45) is 5.70. The summed E-state index contributed by atoms with van der Waals surface area (Å²) in [5, 5.41) is 0.144. The fourth-order valence-corrected chi connectivity index (χ4v) is 4.63. The molecule has 1 fully saturated rings. The topological polar surface area (TPSA) is 81.2 Å². The molecule has 6 nitrogen and oxygen atoms in total. The highest BCUT2D eigenvalue weighted by molar-refractivity contribution is 7.89. The lowest BCUT2D eigenvalue weighted by Crippen LogP contribution is -2.45. The molecular weight excluding hydrogens is 288 g/mol. The summed E-state index contributed by atoms with van der Waals surface area (Å²) in [5.41, 5.74) is 5.82. The van der Waals surface area contributed by atoms with Crippen LogP contribution in [0.25, 0.3) is 0 Å². The first-order valence-electron chi connectivity index (χ1n) is 7.63. The third-order valence-electron chi connectivity index (χ3n) is 4.58. The van der Waals surface area contributed by atoms with E-state index in [9.17, 15) is 8.42 Å². The molecule has 0 amide bonds. The number of imidazole rings is 1. The average molecular weight is 314 g/mol. The van der Waals surface area contributed by atoms with Crippen LogP contribution in [0.1, 0.15) is 38.4 Å². The molecule has 120 valence electrons. The van der Waals surface area contributed by atoms with Gasteiger partial charge in [0, 0.05) is 25.8 Å². The van der Waals surface area contributed by atoms with E-state index in [1.54, 1.807) is 13.2 Å². The minimum Gasteiger partial charge on any atom is -0.334 e. The van der Waals surface area contributed by atoms with Gasteiger partial charge in [0.2, 0.25) is 0 Å². The van der Waals surface area contributed by atoms with Gasteiger partial charge in [0.15, 0.2) is 5.03 Å². The van der Waals surface area contributed by atoms with Crippen molar-refractivity contribution in [1.29, 1.82) is 0 Å². The van der Waals surface area contributed by atoms with Crippen molar-refractivity contribution < 1.29 is 8.42 Å². The maximum Gasteiger partial charge on any atom is 0.262 e. The van der Waals surface area contributed by atoms with Crippen LogP contribution in [-0.2, 0) is 16.6 Å². The van der Waals surface area contributed by atoms with Gasteiger partial charge in [-0.25, -0.2) is 13.4 Å². The molecule has 1 aromatic heterocycles. The molecule has 0 aliphatic heterocycles. The van der Waals surface area contributed by atoms with Crippen molar-refractivity contribution >= 4 is 10.0 Å². The molecule has 1 aromatic rings. The Morgan fingerprint density at radius 1 is 1.43 bits per heavy atom. The van der Waals surface area contributed by atoms with E-state index >= 15 is 0 Å². The van der Waals surface area contributed by atoms with E-state index in [0.29, 0.717) is 13.1 Å². The van der Waals surface area contributed by atoms with Crippen molar-refractivity contribution in [2.75, 3.05) is 13.6 Å². The molecule has 21 heavy (non-hydrogen) atoms. The number of aryl methyl sites for hydroxylation is 2. The molecule has 1 heterocycles. The van der Waals surface area contributed by atoms with Crippen LogP contribution < -0.4 is 5.73 Å². The van der Waals surface area contributed by atoms with Crippen LogP contribution in [0.4, 0.5) is 0 Å². The molecule has 2 unspecified atom stereocenters. The molecule has 0 bridgehead atoms. The van der Waals surface area contributed by atoms with Crippen LogP contribution in [0.15, 0.2) is 11.2 Å². The van der Waals surface area contributed by atoms with Gasteiger partial charge in [-0.15, -0.1) is 0 Å². The van der Waals surface area contributed by atoms with Gasteiger partial charge in [0.05, 0.1) is 0 Å². The van der Waals surface area contributed by atoms with Crippen LogP contribution in [0.3, 0.4) is 0 Å². The molecule has 0 aromatic carbocycles. The summed E-state index contributed by atoms with van der Waals surface area (Å²) in [6, 6.07) is -0.0131. The van der Waals surface area contributed by atoms with Gasteiger partial charge in [-0.2, -0.15) is 4.31 Å². The van der Waals surface area contributed by atoms with E-state index in [2.05, 4.69) is 4.98 Å². The minimum absolute atomic E-state index is 0.0131. The van der Waals surface area contributed by atoms with Gasteiger partial charge >= 0.3 is 0 Å². The lowest BCUT2D eigenvalue weighted by Gasteiger charge is -2.36. The quantitative estimate of drug-likeness (QED) is 0.889. The molecule has 0 spiro atoms. The van der Waals surface area contributed by atoms with Crippen molar-refractivity contribution in [2.24, 2.45) is 11.7 Å². The second-order valence-corrected chi connectivity index (χ2v) is 7.73. The monoisotopic (exact) mass is 314 g/mol. The minimum atomic E-state index is -3.55. The molecule has 2 atom stereocenters. The number of nitrogens with two attached hydrogens (primary N) is 1. The lowest BCUT2D eigenvalue weighted by molar-refractivity contribution is 0.204. The molecule has 1 saturated carbocycles. The van der Waals surface area contributed by atoms with Crippen LogP contribution in [0.2, 0.25) is 0 Å². The first-order valence-corrected chi connectivity index (χ1v) is 9.07. The van der Waals surface area contributed by atoms with E-state index in [4.69, 9.17) is 5.73 Å². The molecular formula is C14H26N4O2S. The maximum atomic E-state index is 12.8. The third kappa shape index (κ3) is 3.14. The zero-order valence-electron chi connectivity index (χ0n) is 13.1. The molecule has 0 radical (unpaired) electrons. The summed E-state index contributed by atoms with van der Waals surface area (Å²) >= 11 is 0. The summed E-state index contributed by atoms with van der Waals surface area (Å²) in [6.45, 7) is 5.05. The van der Waals surface area contributed by atoms with Gasteiger partial charge in [0.1, 0.15) is 5.82 Å². The molecule has 2 rings (SSSR count). The van der Waals surface area contributed by atoms with Crippen molar-refractivity contribution in [3.63, 3.8) is 0 Å². The Bertz CT molecular complexity index is 582. The Morgan fingerprint density at radius 3 is 2.67 bits per heavy atom. The summed E-state index contributed by atoms with van der Waals surface area (Å²) in [5.74, 6) is 0.969. The number of hydrogen-bond acceptors (Lipinski definition) is 4. The number of nitrogens with zero attached hydrogens (tertiary/aromatic N) is 3. The lowest BCUT2D eigenvalue weighted by atomic mass is 9.85. The fraction of sp³-hybridized carbons (Fsp3) is 0.786. The summed E-state index contributed by atoms with van der Waals surface area (Å²) in [4.78, 5) is 4.22. The second kappa shape index (κ2) is 6.46. The first-order chi connectivity index (χ1) is 9.91. The largest absolute Gasteiger partial charge is 0.334 e. The molecule has 1 aliphatic carbocycles. The molecule has 7 heteroatoms. The number of hydrogen-bond donors (Lipinski definition) is 1. The first kappa shape index (κ1) is 16.5. The van der Waals surface area contributed by atoms with Crippen molar-refractivity contribution in [3.8, 4) is 0 Å². The Kier molecular flexibility index (Phi) is 5.06. The van der Waals surface area contributed by atoms with Crippen molar-refractivity contribution in [2.45, 2.75) is 57.1 Å². The molecule has 0 saturated heterocycles. The van der Waals surface area contributed by atoms with Crippen LogP contribution in [-0.4, -0.2) is 41.9 Å². The van der Waals surface area contributed by atoms with Gasteiger partial charge in [-0.3, -0.25) is 0 Å². The fourth-order valence-electron chi connectivity index (χ4n) is 3.19. The highest BCUT2D eigenvalue weighted by Crippen LogP contribution is 2.30. The van der Waals surface area contributed by atoms with Gasteiger partial charge < -0.3 is 10.3 Å². The van der Waals surface area contributed by atoms with E-state index in [1.807, 2.05) is 18.4 Å². The highest BCUT2D eigenvalue weighted by atomic mass is 32.2. The number of aromatic nitrogens is 2. The Hall–Kier alpha value is -0.920. The predicted octanol–water partition coefficient (Wildman–Crippen LogP) is 1.35. The zero-order valence-corrected chi connectivity index (χ0v) is 13.9. The van der Waals surface area contributed by atoms with Crippen LogP contribution in [0.5, 0.6) is 0 Å². The Morgan fingerprint density at radius 2 is 2.10 bits per heavy atom. The standard InChI is InChI=1S/C14H26N4O2S/c1-4-18-10-14(16-11(18)2)21(19,20)17(3)13-8-6-5-7-12(13)9-15/h10,12-13H,4-9,15H2,1-3H3. The van der Waals surface area contributed by atoms with Crippen LogP contribution in [0, 0.1) is 12.8 Å². The number of sulfonamides is 1. The van der Waals surface area contributed by atoms with Crippen molar-refractivity contribution in [1.82, 2.24) is 13.9 Å². The van der Waals surface area contributed by atoms with E-state index in [-0.39, 0.29) is 17.0 Å². The SMILES string of the molecule is CCn1cc(S(=O)(=O)N(C)C2CCCCC2CN)nc1C. The Labute approximate surface area is 127 Å². The van der Waals surface area contributed by atoms with Gasteiger partial charge in [-0.1, -0.05) is 12.8 Å². The second-order valence-electron chi connectivity index (χ2n) is 5.78. The van der Waals surface area contributed by atoms with E-state index in [0.717, 1.165) is 31.5 Å². The highest BCUT2D eigenvalue weighted by Gasteiger charge is 2.35. The van der Waals surface area contributed by atoms with E-state index < -0.39 is 10.0 Å². The van der Waals surface area contributed by atoms with Crippen LogP contribution >= 0.6 is 0 Å². The number of rotatable bonds is 5. The Balaban J connectivity index is 2.28. The summed E-state index contributed by atoms with van der Waals surface area (Å²) in [7, 11) is -1.89.